The van der Waals surface area contributed by atoms with Gasteiger partial charge in [0, 0.05) is 25.7 Å². The zero-order valence-corrected chi connectivity index (χ0v) is 12.2. The number of carbonyl (C=O) groups is 3. The third-order valence-corrected chi connectivity index (χ3v) is 3.00. The highest BCUT2D eigenvalue weighted by atomic mass is 16.2. The van der Waals surface area contributed by atoms with E-state index in [4.69, 9.17) is 0 Å². The van der Waals surface area contributed by atoms with Crippen LogP contribution in [0.2, 0.25) is 0 Å². The van der Waals surface area contributed by atoms with Crippen LogP contribution in [-0.2, 0) is 14.4 Å². The molecular weight excluding hydrogens is 282 g/mol. The van der Waals surface area contributed by atoms with E-state index in [-0.39, 0.29) is 19.0 Å². The van der Waals surface area contributed by atoms with Gasteiger partial charge in [-0.2, -0.15) is 0 Å². The second kappa shape index (κ2) is 7.21. The number of hydrogen-bond acceptors (Lipinski definition) is 3. The lowest BCUT2D eigenvalue weighted by molar-refractivity contribution is -0.136. The fourth-order valence-electron chi connectivity index (χ4n) is 1.95. The molecule has 6 heteroatoms. The van der Waals surface area contributed by atoms with Crippen LogP contribution in [0.25, 0.3) is 10.8 Å². The normalized spacial score (nSPS) is 10.0. The number of rotatable bonds is 4. The topological polar surface area (TPSA) is 87.3 Å². The zero-order valence-electron chi connectivity index (χ0n) is 12.2. The number of carbonyl (C=O) groups excluding carboxylic acids is 3. The summed E-state index contributed by atoms with van der Waals surface area (Å²) >= 11 is 0. The van der Waals surface area contributed by atoms with Crippen LogP contribution >= 0.6 is 0 Å². The molecule has 0 saturated carbocycles. The molecule has 6 nitrogen and oxygen atoms in total. The fourth-order valence-corrected chi connectivity index (χ4v) is 1.95. The second-order valence-electron chi connectivity index (χ2n) is 4.75. The molecule has 0 radical (unpaired) electrons. The quantitative estimate of drug-likeness (QED) is 0.582. The van der Waals surface area contributed by atoms with Crippen LogP contribution in [0.15, 0.2) is 42.5 Å². The van der Waals surface area contributed by atoms with Gasteiger partial charge in [-0.15, -0.1) is 0 Å². The number of hydrogen-bond donors (Lipinski definition) is 3. The van der Waals surface area contributed by atoms with E-state index < -0.39 is 11.8 Å². The van der Waals surface area contributed by atoms with Crippen LogP contribution in [-0.4, -0.2) is 30.8 Å². The SMILES string of the molecule is CC(=O)NCCNC(=O)C(=O)Nc1ccc2ccccc2c1. The molecule has 0 fully saturated rings. The Morgan fingerprint density at radius 3 is 2.27 bits per heavy atom. The molecule has 3 amide bonds. The molecule has 22 heavy (non-hydrogen) atoms. The van der Waals surface area contributed by atoms with Crippen LogP contribution in [0, 0.1) is 0 Å². The molecule has 0 spiro atoms. The van der Waals surface area contributed by atoms with Gasteiger partial charge in [0.25, 0.3) is 0 Å². The molecule has 2 aromatic rings. The lowest BCUT2D eigenvalue weighted by Crippen LogP contribution is -2.39. The lowest BCUT2D eigenvalue weighted by atomic mass is 10.1. The van der Waals surface area contributed by atoms with Crippen LogP contribution in [0.5, 0.6) is 0 Å². The molecule has 0 unspecified atom stereocenters. The molecule has 2 rings (SSSR count). The first kappa shape index (κ1) is 15.5. The van der Waals surface area contributed by atoms with Crippen molar-refractivity contribution < 1.29 is 14.4 Å². The first-order valence-corrected chi connectivity index (χ1v) is 6.88. The summed E-state index contributed by atoms with van der Waals surface area (Å²) < 4.78 is 0. The van der Waals surface area contributed by atoms with E-state index in [0.29, 0.717) is 5.69 Å². The monoisotopic (exact) mass is 299 g/mol. The minimum Gasteiger partial charge on any atom is -0.355 e. The molecule has 3 N–H and O–H groups in total. The number of benzene rings is 2. The summed E-state index contributed by atoms with van der Waals surface area (Å²) in [6.07, 6.45) is 0. The summed E-state index contributed by atoms with van der Waals surface area (Å²) in [6, 6.07) is 13.2. The minimum absolute atomic E-state index is 0.185. The Balaban J connectivity index is 1.89. The Hall–Kier alpha value is -2.89. The summed E-state index contributed by atoms with van der Waals surface area (Å²) in [5.41, 5.74) is 0.556. The van der Waals surface area contributed by atoms with Crippen LogP contribution in [0.4, 0.5) is 5.69 Å². The number of fused-ring (bicyclic) bond motifs is 1. The molecule has 2 aromatic carbocycles. The van der Waals surface area contributed by atoms with Gasteiger partial charge in [0.05, 0.1) is 0 Å². The van der Waals surface area contributed by atoms with Crippen molar-refractivity contribution in [2.75, 3.05) is 18.4 Å². The smallest absolute Gasteiger partial charge is 0.313 e. The van der Waals surface area contributed by atoms with Crippen molar-refractivity contribution in [2.24, 2.45) is 0 Å². The number of anilines is 1. The summed E-state index contributed by atoms with van der Waals surface area (Å²) in [5.74, 6) is -1.66. The van der Waals surface area contributed by atoms with Gasteiger partial charge in [0.15, 0.2) is 0 Å². The van der Waals surface area contributed by atoms with Gasteiger partial charge in [-0.3, -0.25) is 14.4 Å². The van der Waals surface area contributed by atoms with Gasteiger partial charge in [0.1, 0.15) is 0 Å². The maximum atomic E-state index is 11.8. The van der Waals surface area contributed by atoms with E-state index >= 15 is 0 Å². The van der Waals surface area contributed by atoms with Crippen molar-refractivity contribution in [1.82, 2.24) is 10.6 Å². The van der Waals surface area contributed by atoms with Crippen LogP contribution in [0.1, 0.15) is 6.92 Å². The Morgan fingerprint density at radius 2 is 1.55 bits per heavy atom. The summed E-state index contributed by atoms with van der Waals surface area (Å²) in [7, 11) is 0. The fraction of sp³-hybridized carbons (Fsp3) is 0.188. The largest absolute Gasteiger partial charge is 0.355 e. The second-order valence-corrected chi connectivity index (χ2v) is 4.75. The van der Waals surface area contributed by atoms with Crippen molar-refractivity contribution >= 4 is 34.2 Å². The summed E-state index contributed by atoms with van der Waals surface area (Å²) in [4.78, 5) is 34.1. The predicted octanol–water partition coefficient (Wildman–Crippen LogP) is 1.03. The van der Waals surface area contributed by atoms with E-state index in [0.717, 1.165) is 10.8 Å². The molecule has 0 aliphatic heterocycles. The van der Waals surface area contributed by atoms with Crippen molar-refractivity contribution in [3.63, 3.8) is 0 Å². The highest BCUT2D eigenvalue weighted by Crippen LogP contribution is 2.18. The molecule has 0 bridgehead atoms. The Bertz CT molecular complexity index is 713. The first-order valence-electron chi connectivity index (χ1n) is 6.88. The highest BCUT2D eigenvalue weighted by Gasteiger charge is 2.13. The molecule has 0 atom stereocenters. The molecule has 0 aliphatic carbocycles. The molecule has 0 aliphatic rings. The summed E-state index contributed by atoms with van der Waals surface area (Å²) in [6.45, 7) is 1.86. The third-order valence-electron chi connectivity index (χ3n) is 3.00. The van der Waals surface area contributed by atoms with Gasteiger partial charge in [-0.25, -0.2) is 0 Å². The number of amides is 3. The standard InChI is InChI=1S/C16H17N3O3/c1-11(20)17-8-9-18-15(21)16(22)19-14-7-6-12-4-2-3-5-13(12)10-14/h2-7,10H,8-9H2,1H3,(H,17,20)(H,18,21)(H,19,22). The lowest BCUT2D eigenvalue weighted by Gasteiger charge is -2.07. The Morgan fingerprint density at radius 1 is 0.864 bits per heavy atom. The van der Waals surface area contributed by atoms with E-state index in [2.05, 4.69) is 16.0 Å². The Labute approximate surface area is 127 Å². The van der Waals surface area contributed by atoms with Crippen molar-refractivity contribution in [3.05, 3.63) is 42.5 Å². The zero-order chi connectivity index (χ0) is 15.9. The van der Waals surface area contributed by atoms with Crippen molar-refractivity contribution in [3.8, 4) is 0 Å². The van der Waals surface area contributed by atoms with Crippen LogP contribution < -0.4 is 16.0 Å². The Kier molecular flexibility index (Phi) is 5.08. The van der Waals surface area contributed by atoms with Crippen molar-refractivity contribution in [2.45, 2.75) is 6.92 Å². The average molecular weight is 299 g/mol. The average Bonchev–Trinajstić information content (AvgIpc) is 2.51. The molecule has 0 heterocycles. The molecular formula is C16H17N3O3. The van der Waals surface area contributed by atoms with E-state index in [9.17, 15) is 14.4 Å². The molecule has 0 aromatic heterocycles. The van der Waals surface area contributed by atoms with Gasteiger partial charge in [-0.1, -0.05) is 30.3 Å². The third kappa shape index (κ3) is 4.31. The van der Waals surface area contributed by atoms with Gasteiger partial charge in [-0.05, 0) is 22.9 Å². The van der Waals surface area contributed by atoms with E-state index in [1.165, 1.54) is 6.92 Å². The maximum Gasteiger partial charge on any atom is 0.313 e. The number of nitrogens with one attached hydrogen (secondary N) is 3. The minimum atomic E-state index is -0.738. The molecule has 0 saturated heterocycles. The van der Waals surface area contributed by atoms with Gasteiger partial charge in [0.2, 0.25) is 5.91 Å². The predicted molar refractivity (Wildman–Crippen MR) is 84.3 cm³/mol. The van der Waals surface area contributed by atoms with Gasteiger partial charge >= 0.3 is 11.8 Å². The first-order chi connectivity index (χ1) is 10.6. The van der Waals surface area contributed by atoms with Crippen LogP contribution in [0.3, 0.4) is 0 Å². The van der Waals surface area contributed by atoms with Crippen molar-refractivity contribution in [1.29, 1.82) is 0 Å². The van der Waals surface area contributed by atoms with E-state index in [1.807, 2.05) is 30.3 Å². The van der Waals surface area contributed by atoms with Gasteiger partial charge < -0.3 is 16.0 Å². The van der Waals surface area contributed by atoms with E-state index in [1.54, 1.807) is 12.1 Å². The molecule has 114 valence electrons. The highest BCUT2D eigenvalue weighted by molar-refractivity contribution is 6.39. The summed E-state index contributed by atoms with van der Waals surface area (Å²) in [5, 5.41) is 9.53. The maximum absolute atomic E-state index is 11.8.